The molecular weight excluding hydrogens is 388 g/mol. The van der Waals surface area contributed by atoms with E-state index in [0.29, 0.717) is 12.3 Å². The van der Waals surface area contributed by atoms with Gasteiger partial charge in [0, 0.05) is 28.9 Å². The lowest BCUT2D eigenvalue weighted by Gasteiger charge is -2.03. The highest BCUT2D eigenvalue weighted by Gasteiger charge is 2.16. The van der Waals surface area contributed by atoms with Crippen LogP contribution in [0.4, 0.5) is 5.69 Å². The van der Waals surface area contributed by atoms with Gasteiger partial charge in [0.25, 0.3) is 5.69 Å². The van der Waals surface area contributed by atoms with Gasteiger partial charge in [0.15, 0.2) is 0 Å². The van der Waals surface area contributed by atoms with E-state index in [0.717, 1.165) is 32.6 Å². The number of imidazole rings is 1. The summed E-state index contributed by atoms with van der Waals surface area (Å²) in [7, 11) is 0. The largest absolute Gasteiger partial charge is 0.275 e. The van der Waals surface area contributed by atoms with E-state index in [1.807, 2.05) is 24.3 Å². The monoisotopic (exact) mass is 400 g/mol. The fourth-order valence-electron chi connectivity index (χ4n) is 2.93. The van der Waals surface area contributed by atoms with E-state index in [1.165, 1.54) is 12.1 Å². The number of nitrogens with zero attached hydrogens (tertiary/aromatic N) is 6. The third-order valence-electron chi connectivity index (χ3n) is 4.05. The van der Waals surface area contributed by atoms with Crippen LogP contribution in [0.1, 0.15) is 17.1 Å². The highest BCUT2D eigenvalue weighted by Crippen LogP contribution is 2.24. The van der Waals surface area contributed by atoms with E-state index >= 15 is 0 Å². The molecule has 0 aliphatic carbocycles. The van der Waals surface area contributed by atoms with Gasteiger partial charge in [0.05, 0.1) is 28.9 Å². The van der Waals surface area contributed by atoms with Gasteiger partial charge in [0.1, 0.15) is 4.60 Å². The summed E-state index contributed by atoms with van der Waals surface area (Å²) >= 11 is 3.60. The van der Waals surface area contributed by atoms with Crippen LogP contribution in [0.15, 0.2) is 35.1 Å². The van der Waals surface area contributed by atoms with Gasteiger partial charge < -0.3 is 0 Å². The molecule has 0 spiro atoms. The molecule has 9 heteroatoms. The quantitative estimate of drug-likeness (QED) is 0.388. The normalized spacial score (nSPS) is 11.5. The zero-order valence-electron chi connectivity index (χ0n) is 13.5. The number of halogens is 1. The van der Waals surface area contributed by atoms with Crippen LogP contribution < -0.4 is 0 Å². The number of hydrogen-bond donors (Lipinski definition) is 0. The van der Waals surface area contributed by atoms with Crippen molar-refractivity contribution < 1.29 is 4.92 Å². The number of nitro groups is 1. The SMILES string of the molecule is Cc1cc(C)n2c(Br)c(Cn3ncc4cc([N+](=O)[O-])ccc43)nc2n1. The van der Waals surface area contributed by atoms with Crippen LogP contribution in [-0.2, 0) is 6.54 Å². The lowest BCUT2D eigenvalue weighted by atomic mass is 10.2. The fourth-order valence-corrected chi connectivity index (χ4v) is 3.59. The summed E-state index contributed by atoms with van der Waals surface area (Å²) in [5.74, 6) is 0.631. The molecule has 0 aliphatic heterocycles. The minimum absolute atomic E-state index is 0.0521. The van der Waals surface area contributed by atoms with Gasteiger partial charge in [-0.15, -0.1) is 0 Å². The van der Waals surface area contributed by atoms with E-state index in [4.69, 9.17) is 0 Å². The van der Waals surface area contributed by atoms with E-state index in [9.17, 15) is 10.1 Å². The number of aryl methyl sites for hydroxylation is 2. The number of nitro benzene ring substituents is 1. The molecule has 0 saturated heterocycles. The number of fused-ring (bicyclic) bond motifs is 2. The standard InChI is InChI=1S/C16H13BrN6O2/c1-9-5-10(2)22-15(17)13(20-16(22)19-9)8-21-14-4-3-12(23(24)25)6-11(14)7-18-21/h3-7H,8H2,1-2H3. The molecule has 126 valence electrons. The van der Waals surface area contributed by atoms with Crippen molar-refractivity contribution in [2.45, 2.75) is 20.4 Å². The predicted octanol–water partition coefficient (Wildman–Crippen LogP) is 3.41. The van der Waals surface area contributed by atoms with Gasteiger partial charge in [0.2, 0.25) is 5.78 Å². The summed E-state index contributed by atoms with van der Waals surface area (Å²) in [6.45, 7) is 4.37. The second-order valence-electron chi connectivity index (χ2n) is 5.83. The molecule has 0 atom stereocenters. The smallest absolute Gasteiger partial charge is 0.270 e. The first-order valence-electron chi connectivity index (χ1n) is 7.55. The van der Waals surface area contributed by atoms with Gasteiger partial charge in [-0.3, -0.25) is 19.2 Å². The second kappa shape index (κ2) is 5.62. The van der Waals surface area contributed by atoms with Crippen molar-refractivity contribution in [1.29, 1.82) is 0 Å². The maximum Gasteiger partial charge on any atom is 0.270 e. The molecule has 0 radical (unpaired) electrons. The van der Waals surface area contributed by atoms with Crippen LogP contribution in [0.25, 0.3) is 16.7 Å². The van der Waals surface area contributed by atoms with E-state index in [2.05, 4.69) is 31.0 Å². The Kier molecular flexibility index (Phi) is 3.53. The first-order valence-corrected chi connectivity index (χ1v) is 8.34. The van der Waals surface area contributed by atoms with Crippen LogP contribution >= 0.6 is 15.9 Å². The number of rotatable bonds is 3. The van der Waals surface area contributed by atoms with Gasteiger partial charge >= 0.3 is 0 Å². The average molecular weight is 401 g/mol. The van der Waals surface area contributed by atoms with E-state index in [1.54, 1.807) is 16.9 Å². The van der Waals surface area contributed by atoms with Crippen LogP contribution in [0.2, 0.25) is 0 Å². The fraction of sp³-hybridized carbons (Fsp3) is 0.188. The summed E-state index contributed by atoms with van der Waals surface area (Å²) in [6.07, 6.45) is 1.62. The van der Waals surface area contributed by atoms with Gasteiger partial charge in [-0.2, -0.15) is 5.10 Å². The second-order valence-corrected chi connectivity index (χ2v) is 6.58. The van der Waals surface area contributed by atoms with Crippen LogP contribution in [0.5, 0.6) is 0 Å². The molecule has 4 rings (SSSR count). The van der Waals surface area contributed by atoms with Crippen molar-refractivity contribution >= 4 is 38.3 Å². The Morgan fingerprint density at radius 1 is 1.24 bits per heavy atom. The Morgan fingerprint density at radius 3 is 2.80 bits per heavy atom. The van der Waals surface area contributed by atoms with Crippen LogP contribution in [0, 0.1) is 24.0 Å². The molecular formula is C16H13BrN6O2. The first-order chi connectivity index (χ1) is 11.9. The zero-order chi connectivity index (χ0) is 17.7. The Bertz CT molecular complexity index is 1150. The molecule has 0 N–H and O–H groups in total. The van der Waals surface area contributed by atoms with Crippen LogP contribution in [0.3, 0.4) is 0 Å². The van der Waals surface area contributed by atoms with Gasteiger partial charge in [-0.25, -0.2) is 9.97 Å². The molecule has 0 amide bonds. The highest BCUT2D eigenvalue weighted by molar-refractivity contribution is 9.10. The summed E-state index contributed by atoms with van der Waals surface area (Å²) in [5, 5.41) is 16.0. The van der Waals surface area contributed by atoms with Gasteiger partial charge in [-0.05, 0) is 41.9 Å². The number of benzene rings is 1. The first kappa shape index (κ1) is 15.7. The van der Waals surface area contributed by atoms with E-state index < -0.39 is 4.92 Å². The van der Waals surface area contributed by atoms with E-state index in [-0.39, 0.29) is 5.69 Å². The lowest BCUT2D eigenvalue weighted by Crippen LogP contribution is -2.02. The van der Waals surface area contributed by atoms with Crippen molar-refractivity contribution in [2.24, 2.45) is 0 Å². The Labute approximate surface area is 150 Å². The summed E-state index contributed by atoms with van der Waals surface area (Å²) in [6, 6.07) is 6.70. The minimum atomic E-state index is -0.410. The number of hydrogen-bond acceptors (Lipinski definition) is 5. The molecule has 8 nitrogen and oxygen atoms in total. The Balaban J connectivity index is 1.79. The maximum absolute atomic E-state index is 10.9. The minimum Gasteiger partial charge on any atom is -0.275 e. The Hall–Kier alpha value is -2.81. The molecule has 1 aromatic carbocycles. The highest BCUT2D eigenvalue weighted by atomic mass is 79.9. The van der Waals surface area contributed by atoms with Crippen molar-refractivity contribution in [3.63, 3.8) is 0 Å². The summed E-state index contributed by atoms with van der Waals surface area (Å²) in [4.78, 5) is 19.5. The molecule has 0 aliphatic rings. The lowest BCUT2D eigenvalue weighted by molar-refractivity contribution is -0.384. The molecule has 0 fully saturated rings. The predicted molar refractivity (Wildman–Crippen MR) is 95.7 cm³/mol. The summed E-state index contributed by atoms with van der Waals surface area (Å²) in [5.41, 5.74) is 3.61. The molecule has 25 heavy (non-hydrogen) atoms. The molecule has 3 heterocycles. The third kappa shape index (κ3) is 2.56. The van der Waals surface area contributed by atoms with Crippen molar-refractivity contribution in [2.75, 3.05) is 0 Å². The molecule has 0 unspecified atom stereocenters. The number of aromatic nitrogens is 5. The Morgan fingerprint density at radius 2 is 2.04 bits per heavy atom. The summed E-state index contributed by atoms with van der Waals surface area (Å²) < 4.78 is 4.55. The molecule has 3 aromatic heterocycles. The molecule has 0 bridgehead atoms. The molecule has 0 saturated carbocycles. The topological polar surface area (TPSA) is 91.2 Å². The van der Waals surface area contributed by atoms with Crippen molar-refractivity contribution in [1.82, 2.24) is 24.1 Å². The number of non-ortho nitro benzene ring substituents is 1. The maximum atomic E-state index is 10.9. The van der Waals surface area contributed by atoms with Gasteiger partial charge in [-0.1, -0.05) is 0 Å². The third-order valence-corrected chi connectivity index (χ3v) is 4.86. The zero-order valence-corrected chi connectivity index (χ0v) is 15.1. The van der Waals surface area contributed by atoms with Crippen LogP contribution in [-0.4, -0.2) is 29.1 Å². The molecule has 4 aromatic rings. The van der Waals surface area contributed by atoms with Crippen molar-refractivity contribution in [3.8, 4) is 0 Å². The van der Waals surface area contributed by atoms with Crippen molar-refractivity contribution in [3.05, 3.63) is 62.3 Å². The average Bonchev–Trinajstić information content (AvgIpc) is 3.09.